The molecule has 0 amide bonds. The average molecular weight is 249 g/mol. The second-order valence-electron chi connectivity index (χ2n) is 4.92. The minimum Gasteiger partial charge on any atom is -0.487 e. The lowest BCUT2D eigenvalue weighted by molar-refractivity contribution is 0.241. The van der Waals surface area contributed by atoms with Crippen LogP contribution < -0.4 is 15.0 Å². The van der Waals surface area contributed by atoms with Gasteiger partial charge in [0.25, 0.3) is 0 Å². The zero-order valence-corrected chi connectivity index (χ0v) is 11.5. The van der Waals surface area contributed by atoms with Crippen LogP contribution in [0.2, 0.25) is 0 Å². The molecule has 1 aromatic heterocycles. The van der Waals surface area contributed by atoms with Gasteiger partial charge in [0.2, 0.25) is 0 Å². The summed E-state index contributed by atoms with van der Waals surface area (Å²) in [6.45, 7) is 9.35. The fourth-order valence-electron chi connectivity index (χ4n) is 2.43. The smallest absolute Gasteiger partial charge is 0.171 e. The largest absolute Gasteiger partial charge is 0.487 e. The van der Waals surface area contributed by atoms with E-state index in [1.54, 1.807) is 0 Å². The molecule has 0 aromatic carbocycles. The molecule has 1 N–H and O–H groups in total. The summed E-state index contributed by atoms with van der Waals surface area (Å²) in [7, 11) is 0. The molecule has 1 unspecified atom stereocenters. The van der Waals surface area contributed by atoms with E-state index in [0.717, 1.165) is 31.2 Å². The van der Waals surface area contributed by atoms with Crippen LogP contribution in [-0.4, -0.2) is 36.8 Å². The highest BCUT2D eigenvalue weighted by Gasteiger charge is 2.24. The molecule has 1 atom stereocenters. The molecule has 0 spiro atoms. The number of likely N-dealkylation sites (N-methyl/N-ethyl adjacent to an activating group) is 1. The quantitative estimate of drug-likeness (QED) is 0.866. The Morgan fingerprint density at radius 3 is 3.00 bits per heavy atom. The number of hydrogen-bond donors (Lipinski definition) is 1. The van der Waals surface area contributed by atoms with Gasteiger partial charge in [-0.3, -0.25) is 0 Å². The standard InChI is InChI=1S/C14H23N3O/c1-4-17(12-7-9-15-10-12)14-13(18-11(2)3)6-5-8-16-14/h5-6,8,11-12,15H,4,7,9-10H2,1-3H3. The predicted octanol–water partition coefficient (Wildman–Crippen LogP) is 2.06. The van der Waals surface area contributed by atoms with Gasteiger partial charge < -0.3 is 15.0 Å². The third kappa shape index (κ3) is 2.93. The Balaban J connectivity index is 2.23. The highest BCUT2D eigenvalue weighted by Crippen LogP contribution is 2.28. The van der Waals surface area contributed by atoms with E-state index < -0.39 is 0 Å². The number of aromatic nitrogens is 1. The molecule has 1 aromatic rings. The Kier molecular flexibility index (Phi) is 4.42. The summed E-state index contributed by atoms with van der Waals surface area (Å²) in [5, 5.41) is 3.41. The van der Waals surface area contributed by atoms with Crippen molar-refractivity contribution in [3.8, 4) is 5.75 Å². The second-order valence-corrected chi connectivity index (χ2v) is 4.92. The lowest BCUT2D eigenvalue weighted by Gasteiger charge is -2.30. The molecule has 4 nitrogen and oxygen atoms in total. The van der Waals surface area contributed by atoms with Crippen molar-refractivity contribution in [3.05, 3.63) is 18.3 Å². The van der Waals surface area contributed by atoms with Gasteiger partial charge in [0, 0.05) is 25.3 Å². The Hall–Kier alpha value is -1.29. The molecule has 1 fully saturated rings. The number of pyridine rings is 1. The molecule has 4 heteroatoms. The Labute approximate surface area is 109 Å². The van der Waals surface area contributed by atoms with Gasteiger partial charge in [0.05, 0.1) is 6.10 Å². The third-order valence-electron chi connectivity index (χ3n) is 3.20. The highest BCUT2D eigenvalue weighted by atomic mass is 16.5. The zero-order valence-electron chi connectivity index (χ0n) is 11.5. The first-order chi connectivity index (χ1) is 8.72. The van der Waals surface area contributed by atoms with Crippen LogP contribution in [0.15, 0.2) is 18.3 Å². The Bertz CT molecular complexity index is 375. The number of hydrogen-bond acceptors (Lipinski definition) is 4. The molecule has 18 heavy (non-hydrogen) atoms. The van der Waals surface area contributed by atoms with Gasteiger partial charge in [-0.1, -0.05) is 0 Å². The monoisotopic (exact) mass is 249 g/mol. The van der Waals surface area contributed by atoms with Crippen molar-refractivity contribution in [2.75, 3.05) is 24.5 Å². The average Bonchev–Trinajstić information content (AvgIpc) is 2.85. The van der Waals surface area contributed by atoms with Crippen molar-refractivity contribution >= 4 is 5.82 Å². The van der Waals surface area contributed by atoms with E-state index >= 15 is 0 Å². The van der Waals surface area contributed by atoms with Gasteiger partial charge in [-0.2, -0.15) is 0 Å². The van der Waals surface area contributed by atoms with Crippen molar-refractivity contribution < 1.29 is 4.74 Å². The maximum absolute atomic E-state index is 5.86. The van der Waals surface area contributed by atoms with Gasteiger partial charge in [0.1, 0.15) is 0 Å². The van der Waals surface area contributed by atoms with E-state index in [4.69, 9.17) is 4.74 Å². The van der Waals surface area contributed by atoms with Gasteiger partial charge >= 0.3 is 0 Å². The SMILES string of the molecule is CCN(c1ncccc1OC(C)C)C1CCNC1. The molecule has 0 radical (unpaired) electrons. The maximum atomic E-state index is 5.86. The molecule has 0 bridgehead atoms. The van der Waals surface area contributed by atoms with Crippen LogP contribution in [0.1, 0.15) is 27.2 Å². The molecule has 1 aliphatic heterocycles. The van der Waals surface area contributed by atoms with E-state index in [1.807, 2.05) is 32.2 Å². The van der Waals surface area contributed by atoms with Crippen molar-refractivity contribution in [1.82, 2.24) is 10.3 Å². The van der Waals surface area contributed by atoms with Crippen molar-refractivity contribution in [1.29, 1.82) is 0 Å². The van der Waals surface area contributed by atoms with Crippen molar-refractivity contribution in [2.24, 2.45) is 0 Å². The third-order valence-corrected chi connectivity index (χ3v) is 3.20. The van der Waals surface area contributed by atoms with Gasteiger partial charge in [0.15, 0.2) is 11.6 Å². The van der Waals surface area contributed by atoms with Gasteiger partial charge in [-0.25, -0.2) is 4.98 Å². The minimum atomic E-state index is 0.174. The summed E-state index contributed by atoms with van der Waals surface area (Å²) < 4.78 is 5.86. The minimum absolute atomic E-state index is 0.174. The van der Waals surface area contributed by atoms with Gasteiger partial charge in [-0.05, 0) is 45.9 Å². The molecular weight excluding hydrogens is 226 g/mol. The maximum Gasteiger partial charge on any atom is 0.171 e. The summed E-state index contributed by atoms with van der Waals surface area (Å²) in [5.74, 6) is 1.86. The van der Waals surface area contributed by atoms with E-state index in [2.05, 4.69) is 22.1 Å². The number of anilines is 1. The number of nitrogens with zero attached hydrogens (tertiary/aromatic N) is 2. The number of nitrogens with one attached hydrogen (secondary N) is 1. The van der Waals surface area contributed by atoms with E-state index in [0.29, 0.717) is 6.04 Å². The van der Waals surface area contributed by atoms with Crippen molar-refractivity contribution in [2.45, 2.75) is 39.3 Å². The van der Waals surface area contributed by atoms with Crippen molar-refractivity contribution in [3.63, 3.8) is 0 Å². The Morgan fingerprint density at radius 1 is 1.56 bits per heavy atom. The van der Waals surface area contributed by atoms with Crippen LogP contribution in [0.5, 0.6) is 5.75 Å². The molecule has 100 valence electrons. The molecule has 0 saturated carbocycles. The van der Waals surface area contributed by atoms with Gasteiger partial charge in [-0.15, -0.1) is 0 Å². The first-order valence-corrected chi connectivity index (χ1v) is 6.81. The van der Waals surface area contributed by atoms with E-state index in [9.17, 15) is 0 Å². The lowest BCUT2D eigenvalue weighted by atomic mass is 10.2. The molecular formula is C14H23N3O. The van der Waals surface area contributed by atoms with E-state index in [-0.39, 0.29) is 6.10 Å². The predicted molar refractivity (Wildman–Crippen MR) is 74.3 cm³/mol. The molecule has 1 saturated heterocycles. The highest BCUT2D eigenvalue weighted by molar-refractivity contribution is 5.53. The summed E-state index contributed by atoms with van der Waals surface area (Å²) in [4.78, 5) is 6.87. The molecule has 2 rings (SSSR count). The summed E-state index contributed by atoms with van der Waals surface area (Å²) in [6.07, 6.45) is 3.19. The fourth-order valence-corrected chi connectivity index (χ4v) is 2.43. The van der Waals surface area contributed by atoms with Crippen LogP contribution in [0, 0.1) is 0 Å². The molecule has 2 heterocycles. The molecule has 1 aliphatic rings. The topological polar surface area (TPSA) is 37.4 Å². The first-order valence-electron chi connectivity index (χ1n) is 6.81. The first kappa shape index (κ1) is 13.1. The normalized spacial score (nSPS) is 19.2. The summed E-state index contributed by atoms with van der Waals surface area (Å²) >= 11 is 0. The van der Waals surface area contributed by atoms with E-state index in [1.165, 1.54) is 6.42 Å². The number of rotatable bonds is 5. The summed E-state index contributed by atoms with van der Waals surface area (Å²) in [6, 6.07) is 4.47. The number of ether oxygens (including phenoxy) is 1. The van der Waals surface area contributed by atoms with Crippen LogP contribution in [0.25, 0.3) is 0 Å². The Morgan fingerprint density at radius 2 is 2.39 bits per heavy atom. The zero-order chi connectivity index (χ0) is 13.0. The summed E-state index contributed by atoms with van der Waals surface area (Å²) in [5.41, 5.74) is 0. The van der Waals surface area contributed by atoms with Crippen LogP contribution in [0.4, 0.5) is 5.82 Å². The van der Waals surface area contributed by atoms with Crippen LogP contribution in [0.3, 0.4) is 0 Å². The molecule has 0 aliphatic carbocycles. The fraction of sp³-hybridized carbons (Fsp3) is 0.643. The second kappa shape index (κ2) is 6.05. The van der Waals surface area contributed by atoms with Crippen LogP contribution >= 0.6 is 0 Å². The lowest BCUT2D eigenvalue weighted by Crippen LogP contribution is -2.37. The van der Waals surface area contributed by atoms with Crippen LogP contribution in [-0.2, 0) is 0 Å².